The van der Waals surface area contributed by atoms with Crippen molar-refractivity contribution in [3.8, 4) is 23.1 Å². The Bertz CT molecular complexity index is 1020. The van der Waals surface area contributed by atoms with E-state index in [0.29, 0.717) is 24.3 Å². The Hall–Kier alpha value is -2.94. The molecule has 1 fully saturated rings. The number of ether oxygens (including phenoxy) is 2. The second-order valence-electron chi connectivity index (χ2n) is 7.25. The minimum atomic E-state index is 0.0485. The summed E-state index contributed by atoms with van der Waals surface area (Å²) in [5.74, 6) is 2.28. The van der Waals surface area contributed by atoms with Crippen molar-refractivity contribution in [1.29, 1.82) is 0 Å². The molecule has 0 aliphatic carbocycles. The number of fused-ring (bicyclic) bond motifs is 1. The Morgan fingerprint density at radius 1 is 1.17 bits per heavy atom. The number of hydrogen-bond donors (Lipinski definition) is 1. The molecule has 3 aromatic rings. The largest absolute Gasteiger partial charge is 0.490 e. The molecule has 156 valence electrons. The molecule has 1 N–H and O–H groups in total. The maximum absolute atomic E-state index is 12.9. The van der Waals surface area contributed by atoms with Crippen LogP contribution in [0.25, 0.3) is 11.6 Å². The SMILES string of the molecule is O=C(CSc1nnc(-c2ccc[nH]2)o1)N1CCC[C@H]1c1ccc2c(c1)OCCCO2. The maximum atomic E-state index is 12.9. The first kappa shape index (κ1) is 19.0. The second-order valence-corrected chi connectivity index (χ2v) is 8.17. The van der Waals surface area contributed by atoms with E-state index >= 15 is 0 Å². The van der Waals surface area contributed by atoms with Gasteiger partial charge < -0.3 is 23.8 Å². The van der Waals surface area contributed by atoms with Gasteiger partial charge in [-0.3, -0.25) is 4.79 Å². The monoisotopic (exact) mass is 426 g/mol. The van der Waals surface area contributed by atoms with Crippen molar-refractivity contribution in [2.75, 3.05) is 25.5 Å². The number of amides is 1. The van der Waals surface area contributed by atoms with E-state index < -0.39 is 0 Å². The Morgan fingerprint density at radius 2 is 2.07 bits per heavy atom. The van der Waals surface area contributed by atoms with Crippen LogP contribution in [0.3, 0.4) is 0 Å². The van der Waals surface area contributed by atoms with Crippen molar-refractivity contribution in [3.05, 3.63) is 42.1 Å². The van der Waals surface area contributed by atoms with Gasteiger partial charge in [0.1, 0.15) is 5.69 Å². The number of carbonyl (C=O) groups excluding carboxylic acids is 1. The van der Waals surface area contributed by atoms with Crippen LogP contribution >= 0.6 is 11.8 Å². The molecule has 2 aliphatic heterocycles. The van der Waals surface area contributed by atoms with E-state index in [4.69, 9.17) is 13.9 Å². The number of aromatic nitrogens is 3. The molecule has 0 radical (unpaired) electrons. The van der Waals surface area contributed by atoms with Gasteiger partial charge in [0.05, 0.1) is 25.0 Å². The third-order valence-electron chi connectivity index (χ3n) is 5.28. The van der Waals surface area contributed by atoms with Gasteiger partial charge in [0.2, 0.25) is 5.91 Å². The molecular formula is C21H22N4O4S. The van der Waals surface area contributed by atoms with Gasteiger partial charge >= 0.3 is 0 Å². The lowest BCUT2D eigenvalue weighted by molar-refractivity contribution is -0.129. The van der Waals surface area contributed by atoms with E-state index in [1.165, 1.54) is 11.8 Å². The fourth-order valence-electron chi connectivity index (χ4n) is 3.85. The summed E-state index contributed by atoms with van der Waals surface area (Å²) in [7, 11) is 0. The van der Waals surface area contributed by atoms with Crippen LogP contribution in [0.15, 0.2) is 46.2 Å². The number of nitrogens with zero attached hydrogens (tertiary/aromatic N) is 3. The summed E-state index contributed by atoms with van der Waals surface area (Å²) >= 11 is 1.27. The Labute approximate surface area is 178 Å². The van der Waals surface area contributed by atoms with Crippen molar-refractivity contribution in [2.45, 2.75) is 30.5 Å². The maximum Gasteiger partial charge on any atom is 0.277 e. The number of benzene rings is 1. The van der Waals surface area contributed by atoms with Crippen molar-refractivity contribution >= 4 is 17.7 Å². The van der Waals surface area contributed by atoms with Crippen LogP contribution < -0.4 is 9.47 Å². The number of nitrogens with one attached hydrogen (secondary N) is 1. The predicted octanol–water partition coefficient (Wildman–Crippen LogP) is 3.68. The minimum Gasteiger partial charge on any atom is -0.490 e. The van der Waals surface area contributed by atoms with E-state index in [9.17, 15) is 4.79 Å². The highest BCUT2D eigenvalue weighted by Crippen LogP contribution is 2.38. The van der Waals surface area contributed by atoms with Crippen LogP contribution in [0.5, 0.6) is 11.5 Å². The molecule has 2 aliphatic rings. The van der Waals surface area contributed by atoms with E-state index in [1.807, 2.05) is 35.2 Å². The fourth-order valence-corrected chi connectivity index (χ4v) is 4.49. The minimum absolute atomic E-state index is 0.0485. The molecule has 1 amide bonds. The molecular weight excluding hydrogens is 404 g/mol. The number of carbonyl (C=O) groups is 1. The molecule has 2 aromatic heterocycles. The van der Waals surface area contributed by atoms with Gasteiger partial charge in [-0.05, 0) is 42.7 Å². The van der Waals surface area contributed by atoms with Crippen molar-refractivity contribution in [2.24, 2.45) is 0 Å². The molecule has 4 heterocycles. The van der Waals surface area contributed by atoms with Crippen LogP contribution in [0.2, 0.25) is 0 Å². The average Bonchev–Trinajstić information content (AvgIpc) is 3.51. The van der Waals surface area contributed by atoms with E-state index in [1.54, 1.807) is 6.20 Å². The third-order valence-corrected chi connectivity index (χ3v) is 6.09. The molecule has 0 spiro atoms. The first-order valence-corrected chi connectivity index (χ1v) is 11.1. The number of rotatable bonds is 5. The number of thioether (sulfide) groups is 1. The standard InChI is InChI=1S/C21H22N4O4S/c26-19(13-30-21-24-23-20(29-21)15-4-1-8-22-15)25-9-2-5-16(25)14-6-7-17-18(12-14)28-11-3-10-27-17/h1,4,6-8,12,16,22H,2-3,5,9-11,13H2/t16-/m0/s1. The van der Waals surface area contributed by atoms with E-state index in [2.05, 4.69) is 15.2 Å². The van der Waals surface area contributed by atoms with Crippen LogP contribution in [-0.4, -0.2) is 51.5 Å². The van der Waals surface area contributed by atoms with Gasteiger partial charge in [0.15, 0.2) is 11.5 Å². The molecule has 1 aromatic carbocycles. The Morgan fingerprint density at radius 3 is 2.93 bits per heavy atom. The van der Waals surface area contributed by atoms with Crippen molar-refractivity contribution < 1.29 is 18.7 Å². The zero-order valence-corrected chi connectivity index (χ0v) is 17.2. The lowest BCUT2D eigenvalue weighted by atomic mass is 10.0. The highest BCUT2D eigenvalue weighted by atomic mass is 32.2. The Balaban J connectivity index is 1.25. The number of likely N-dealkylation sites (tertiary alicyclic amines) is 1. The molecule has 8 nitrogen and oxygen atoms in total. The first-order valence-electron chi connectivity index (χ1n) is 10.1. The zero-order chi connectivity index (χ0) is 20.3. The smallest absolute Gasteiger partial charge is 0.277 e. The number of H-pyrrole nitrogens is 1. The summed E-state index contributed by atoms with van der Waals surface area (Å²) < 4.78 is 17.2. The Kier molecular flexibility index (Phi) is 5.35. The molecule has 30 heavy (non-hydrogen) atoms. The lowest BCUT2D eigenvalue weighted by Gasteiger charge is -2.25. The summed E-state index contributed by atoms with van der Waals surface area (Å²) in [5.41, 5.74) is 1.84. The molecule has 5 rings (SSSR count). The molecule has 0 saturated carbocycles. The van der Waals surface area contributed by atoms with Crippen LogP contribution in [0, 0.1) is 0 Å². The fraction of sp³-hybridized carbons (Fsp3) is 0.381. The first-order chi connectivity index (χ1) is 14.8. The molecule has 1 atom stereocenters. The quantitative estimate of drug-likeness (QED) is 0.622. The normalized spacial score (nSPS) is 18.4. The topological polar surface area (TPSA) is 93.5 Å². The highest BCUT2D eigenvalue weighted by Gasteiger charge is 2.31. The van der Waals surface area contributed by atoms with Crippen molar-refractivity contribution in [3.63, 3.8) is 0 Å². The van der Waals surface area contributed by atoms with Gasteiger partial charge in [-0.15, -0.1) is 10.2 Å². The van der Waals surface area contributed by atoms with Crippen LogP contribution in [0.1, 0.15) is 30.9 Å². The average molecular weight is 426 g/mol. The number of hydrogen-bond acceptors (Lipinski definition) is 7. The highest BCUT2D eigenvalue weighted by molar-refractivity contribution is 7.99. The van der Waals surface area contributed by atoms with E-state index in [-0.39, 0.29) is 17.7 Å². The van der Waals surface area contributed by atoms with Gasteiger partial charge in [0, 0.05) is 19.2 Å². The molecule has 0 bridgehead atoms. The summed E-state index contributed by atoms with van der Waals surface area (Å²) in [4.78, 5) is 17.9. The molecule has 9 heteroatoms. The lowest BCUT2D eigenvalue weighted by Crippen LogP contribution is -2.32. The molecule has 0 unspecified atom stereocenters. The second kappa shape index (κ2) is 8.43. The molecule has 1 saturated heterocycles. The summed E-state index contributed by atoms with van der Waals surface area (Å²) in [5, 5.41) is 8.44. The zero-order valence-electron chi connectivity index (χ0n) is 16.4. The summed E-state index contributed by atoms with van der Waals surface area (Å²) in [6, 6.07) is 9.78. The summed E-state index contributed by atoms with van der Waals surface area (Å²) in [6.07, 6.45) is 4.58. The number of aromatic amines is 1. The van der Waals surface area contributed by atoms with Gasteiger partial charge in [0.25, 0.3) is 11.1 Å². The van der Waals surface area contributed by atoms with Crippen molar-refractivity contribution in [1.82, 2.24) is 20.1 Å². The van der Waals surface area contributed by atoms with Crippen LogP contribution in [0.4, 0.5) is 0 Å². The van der Waals surface area contributed by atoms with Gasteiger partial charge in [-0.1, -0.05) is 17.8 Å². The predicted molar refractivity (Wildman–Crippen MR) is 111 cm³/mol. The van der Waals surface area contributed by atoms with Gasteiger partial charge in [-0.2, -0.15) is 0 Å². The summed E-state index contributed by atoms with van der Waals surface area (Å²) in [6.45, 7) is 2.06. The van der Waals surface area contributed by atoms with E-state index in [0.717, 1.165) is 48.6 Å². The van der Waals surface area contributed by atoms with Gasteiger partial charge in [-0.25, -0.2) is 0 Å². The van der Waals surface area contributed by atoms with Crippen LogP contribution in [-0.2, 0) is 4.79 Å². The third kappa shape index (κ3) is 3.89.